The van der Waals surface area contributed by atoms with E-state index >= 15 is 0 Å². The van der Waals surface area contributed by atoms with Crippen LogP contribution in [0, 0.1) is 5.82 Å². The number of pyridine rings is 1. The lowest BCUT2D eigenvalue weighted by molar-refractivity contribution is 0.122. The fraction of sp³-hybridized carbons (Fsp3) is 0.333. The Morgan fingerprint density at radius 1 is 1.28 bits per heavy atom. The van der Waals surface area contributed by atoms with Gasteiger partial charge in [-0.15, -0.1) is 0 Å². The van der Waals surface area contributed by atoms with E-state index in [4.69, 9.17) is 4.74 Å². The number of nitrogens with zero attached hydrogens (tertiary/aromatic N) is 3. The first-order valence-corrected chi connectivity index (χ1v) is 5.75. The molecule has 0 saturated carbocycles. The summed E-state index contributed by atoms with van der Waals surface area (Å²) in [5, 5.41) is 0. The van der Waals surface area contributed by atoms with Crippen molar-refractivity contribution in [2.75, 3.05) is 31.2 Å². The molecule has 1 fully saturated rings. The Balaban J connectivity index is 2.13. The predicted octanol–water partition coefficient (Wildman–Crippen LogP) is 0.670. The SMILES string of the molecule is O=c1c(N2CCOCC2)cnc2ccc(F)cn12. The largest absolute Gasteiger partial charge is 0.378 e. The first-order valence-electron chi connectivity index (χ1n) is 5.75. The monoisotopic (exact) mass is 249 g/mol. The molecule has 0 spiro atoms. The highest BCUT2D eigenvalue weighted by Gasteiger charge is 2.16. The zero-order valence-electron chi connectivity index (χ0n) is 9.67. The molecule has 3 rings (SSSR count). The normalized spacial score (nSPS) is 16.2. The van der Waals surface area contributed by atoms with Crippen LogP contribution in [0.5, 0.6) is 0 Å². The van der Waals surface area contributed by atoms with Crippen LogP contribution in [0.3, 0.4) is 0 Å². The van der Waals surface area contributed by atoms with Gasteiger partial charge < -0.3 is 9.64 Å². The molecule has 0 bridgehead atoms. The second kappa shape index (κ2) is 4.38. The summed E-state index contributed by atoms with van der Waals surface area (Å²) in [5.41, 5.74) is 0.682. The minimum absolute atomic E-state index is 0.249. The first-order chi connectivity index (χ1) is 8.75. The van der Waals surface area contributed by atoms with Crippen LogP contribution in [-0.4, -0.2) is 35.7 Å². The van der Waals surface area contributed by atoms with E-state index in [-0.39, 0.29) is 5.56 Å². The molecule has 2 aromatic rings. The zero-order valence-corrected chi connectivity index (χ0v) is 9.67. The third kappa shape index (κ3) is 1.84. The number of morpholine rings is 1. The molecule has 3 heterocycles. The van der Waals surface area contributed by atoms with Crippen molar-refractivity contribution in [3.05, 3.63) is 40.7 Å². The summed E-state index contributed by atoms with van der Waals surface area (Å²) in [6.45, 7) is 2.48. The van der Waals surface area contributed by atoms with Gasteiger partial charge >= 0.3 is 0 Å². The summed E-state index contributed by atoms with van der Waals surface area (Å²) < 4.78 is 19.6. The number of hydrogen-bond donors (Lipinski definition) is 0. The molecule has 0 aromatic carbocycles. The molecule has 0 amide bonds. The maximum absolute atomic E-state index is 13.2. The van der Waals surface area contributed by atoms with Gasteiger partial charge in [0.1, 0.15) is 17.2 Å². The van der Waals surface area contributed by atoms with E-state index in [0.29, 0.717) is 37.6 Å². The molecule has 1 aliphatic rings. The van der Waals surface area contributed by atoms with Crippen LogP contribution in [0.4, 0.5) is 10.1 Å². The van der Waals surface area contributed by atoms with E-state index in [2.05, 4.69) is 4.98 Å². The van der Waals surface area contributed by atoms with Crippen LogP contribution in [0.15, 0.2) is 29.3 Å². The van der Waals surface area contributed by atoms with Crippen LogP contribution in [-0.2, 0) is 4.74 Å². The average molecular weight is 249 g/mol. The zero-order chi connectivity index (χ0) is 12.5. The minimum Gasteiger partial charge on any atom is -0.378 e. The van der Waals surface area contributed by atoms with Gasteiger partial charge in [-0.3, -0.25) is 9.20 Å². The summed E-state index contributed by atoms with van der Waals surface area (Å²) in [4.78, 5) is 18.3. The fourth-order valence-corrected chi connectivity index (χ4v) is 2.06. The van der Waals surface area contributed by atoms with E-state index in [1.807, 2.05) is 4.90 Å². The van der Waals surface area contributed by atoms with Gasteiger partial charge in [-0.05, 0) is 12.1 Å². The van der Waals surface area contributed by atoms with Crippen molar-refractivity contribution in [1.82, 2.24) is 9.38 Å². The molecule has 6 heteroatoms. The van der Waals surface area contributed by atoms with Gasteiger partial charge in [0.25, 0.3) is 5.56 Å². The summed E-state index contributed by atoms with van der Waals surface area (Å²) >= 11 is 0. The van der Waals surface area contributed by atoms with Crippen molar-refractivity contribution in [2.24, 2.45) is 0 Å². The molecule has 0 atom stereocenters. The molecule has 5 nitrogen and oxygen atoms in total. The lowest BCUT2D eigenvalue weighted by atomic mass is 10.3. The first kappa shape index (κ1) is 11.2. The highest BCUT2D eigenvalue weighted by atomic mass is 19.1. The number of hydrogen-bond acceptors (Lipinski definition) is 4. The van der Waals surface area contributed by atoms with Gasteiger partial charge in [-0.2, -0.15) is 0 Å². The number of ether oxygens (including phenoxy) is 1. The topological polar surface area (TPSA) is 46.8 Å². The van der Waals surface area contributed by atoms with E-state index < -0.39 is 5.82 Å². The van der Waals surface area contributed by atoms with Gasteiger partial charge in [0.05, 0.1) is 19.4 Å². The fourth-order valence-electron chi connectivity index (χ4n) is 2.06. The highest BCUT2D eigenvalue weighted by molar-refractivity contribution is 5.48. The van der Waals surface area contributed by atoms with Crippen LogP contribution < -0.4 is 10.5 Å². The van der Waals surface area contributed by atoms with Crippen molar-refractivity contribution in [3.63, 3.8) is 0 Å². The second-order valence-electron chi connectivity index (χ2n) is 4.12. The van der Waals surface area contributed by atoms with Gasteiger partial charge in [-0.25, -0.2) is 9.37 Å². The molecule has 2 aromatic heterocycles. The van der Waals surface area contributed by atoms with Crippen LogP contribution in [0.25, 0.3) is 5.65 Å². The van der Waals surface area contributed by atoms with Crippen molar-refractivity contribution < 1.29 is 9.13 Å². The Bertz CT molecular complexity index is 635. The van der Waals surface area contributed by atoms with Crippen molar-refractivity contribution in [3.8, 4) is 0 Å². The lowest BCUT2D eigenvalue weighted by Gasteiger charge is -2.27. The maximum atomic E-state index is 13.2. The molecule has 0 unspecified atom stereocenters. The van der Waals surface area contributed by atoms with Crippen LogP contribution in [0.2, 0.25) is 0 Å². The molecule has 0 N–H and O–H groups in total. The number of aromatic nitrogens is 2. The maximum Gasteiger partial charge on any atom is 0.281 e. The summed E-state index contributed by atoms with van der Waals surface area (Å²) in [6.07, 6.45) is 2.70. The second-order valence-corrected chi connectivity index (χ2v) is 4.12. The van der Waals surface area contributed by atoms with Crippen LogP contribution in [0.1, 0.15) is 0 Å². The van der Waals surface area contributed by atoms with Gasteiger partial charge in [-0.1, -0.05) is 0 Å². The molecule has 1 aliphatic heterocycles. The summed E-state index contributed by atoms with van der Waals surface area (Å²) in [7, 11) is 0. The van der Waals surface area contributed by atoms with Crippen molar-refractivity contribution in [2.45, 2.75) is 0 Å². The number of rotatable bonds is 1. The average Bonchev–Trinajstić information content (AvgIpc) is 2.41. The number of anilines is 1. The smallest absolute Gasteiger partial charge is 0.281 e. The van der Waals surface area contributed by atoms with E-state index in [1.54, 1.807) is 6.20 Å². The molecule has 18 heavy (non-hydrogen) atoms. The Morgan fingerprint density at radius 2 is 2.06 bits per heavy atom. The molecule has 0 radical (unpaired) electrons. The summed E-state index contributed by atoms with van der Waals surface area (Å²) in [6, 6.07) is 2.77. The lowest BCUT2D eigenvalue weighted by Crippen LogP contribution is -2.39. The van der Waals surface area contributed by atoms with E-state index in [0.717, 1.165) is 6.20 Å². The Morgan fingerprint density at radius 3 is 2.83 bits per heavy atom. The molecular weight excluding hydrogens is 237 g/mol. The third-order valence-electron chi connectivity index (χ3n) is 3.00. The molecule has 1 saturated heterocycles. The third-order valence-corrected chi connectivity index (χ3v) is 3.00. The molecule has 94 valence electrons. The highest BCUT2D eigenvalue weighted by Crippen LogP contribution is 2.10. The van der Waals surface area contributed by atoms with Crippen LogP contribution >= 0.6 is 0 Å². The molecular formula is C12H12FN3O2. The van der Waals surface area contributed by atoms with Gasteiger partial charge in [0, 0.05) is 19.3 Å². The predicted molar refractivity (Wildman–Crippen MR) is 64.5 cm³/mol. The number of fused-ring (bicyclic) bond motifs is 1. The summed E-state index contributed by atoms with van der Waals surface area (Å²) in [5.74, 6) is -0.453. The number of halogens is 1. The quantitative estimate of drug-likeness (QED) is 0.745. The Labute approximate surface area is 102 Å². The van der Waals surface area contributed by atoms with Gasteiger partial charge in [0.2, 0.25) is 0 Å². The van der Waals surface area contributed by atoms with Crippen molar-refractivity contribution >= 4 is 11.3 Å². The Hall–Kier alpha value is -1.95. The van der Waals surface area contributed by atoms with E-state index in [1.165, 1.54) is 16.5 Å². The van der Waals surface area contributed by atoms with Crippen molar-refractivity contribution in [1.29, 1.82) is 0 Å². The van der Waals surface area contributed by atoms with E-state index in [9.17, 15) is 9.18 Å². The van der Waals surface area contributed by atoms with Gasteiger partial charge in [0.15, 0.2) is 0 Å². The molecule has 0 aliphatic carbocycles. The Kier molecular flexibility index (Phi) is 2.71. The minimum atomic E-state index is -0.453. The standard InChI is InChI=1S/C12H12FN3O2/c13-9-1-2-11-14-7-10(12(17)16(11)8-9)15-3-5-18-6-4-15/h1-2,7-8H,3-6H2.